The van der Waals surface area contributed by atoms with Gasteiger partial charge in [0.1, 0.15) is 5.82 Å². The van der Waals surface area contributed by atoms with Crippen LogP contribution in [0.2, 0.25) is 9.36 Å². The fourth-order valence-electron chi connectivity index (χ4n) is 2.38. The number of fused-ring (bicyclic) bond motifs is 1. The molecule has 3 rings (SSSR count). The van der Waals surface area contributed by atoms with Gasteiger partial charge in [-0.05, 0) is 36.9 Å². The zero-order valence-electron chi connectivity index (χ0n) is 12.5. The molecule has 7 heteroatoms. The van der Waals surface area contributed by atoms with E-state index < -0.39 is 0 Å². The molecule has 23 heavy (non-hydrogen) atoms. The van der Waals surface area contributed by atoms with E-state index >= 15 is 0 Å². The minimum absolute atomic E-state index is 0.142. The first kappa shape index (κ1) is 16.5. The number of aromatic nitrogens is 2. The lowest BCUT2D eigenvalue weighted by Crippen LogP contribution is -2.25. The fraction of sp³-hybridized carbons (Fsp3) is 0.250. The Morgan fingerprint density at radius 1 is 1.22 bits per heavy atom. The highest BCUT2D eigenvalue weighted by molar-refractivity contribution is 7.16. The van der Waals surface area contributed by atoms with Crippen LogP contribution in [-0.4, -0.2) is 21.4 Å². The zero-order valence-corrected chi connectivity index (χ0v) is 14.8. The van der Waals surface area contributed by atoms with Crippen molar-refractivity contribution in [1.82, 2.24) is 14.9 Å². The average Bonchev–Trinajstić information content (AvgIpc) is 2.91. The number of H-pyrrole nitrogens is 1. The predicted molar refractivity (Wildman–Crippen MR) is 96.5 cm³/mol. The van der Waals surface area contributed by atoms with E-state index in [9.17, 15) is 4.79 Å². The smallest absolute Gasteiger partial charge is 0.258 e. The first-order chi connectivity index (χ1) is 11.0. The summed E-state index contributed by atoms with van der Waals surface area (Å²) >= 11 is 13.5. The Morgan fingerprint density at radius 2 is 2.04 bits per heavy atom. The highest BCUT2D eigenvalue weighted by Crippen LogP contribution is 2.23. The van der Waals surface area contributed by atoms with Gasteiger partial charge in [0.25, 0.3) is 5.56 Å². The lowest BCUT2D eigenvalue weighted by molar-refractivity contribution is 0.267. The molecule has 0 spiro atoms. The SMILES string of the molecule is CCN(Cc1nc2cc(Cl)ccc2c(=O)[nH]1)Cc1ccc(Cl)s1. The standard InChI is InChI=1S/C16H15Cl2N3OS/c1-2-21(8-11-4-6-14(18)23-11)9-15-19-13-7-10(17)3-5-12(13)16(22)20-15/h3-7H,2,8-9H2,1H3,(H,19,20,22). The topological polar surface area (TPSA) is 49.0 Å². The molecule has 0 amide bonds. The molecule has 2 aromatic heterocycles. The van der Waals surface area contributed by atoms with E-state index in [0.29, 0.717) is 28.3 Å². The minimum Gasteiger partial charge on any atom is -0.309 e. The van der Waals surface area contributed by atoms with Crippen LogP contribution in [0.5, 0.6) is 0 Å². The maximum atomic E-state index is 12.2. The van der Waals surface area contributed by atoms with Crippen molar-refractivity contribution in [3.8, 4) is 0 Å². The van der Waals surface area contributed by atoms with Crippen molar-refractivity contribution >= 4 is 45.4 Å². The van der Waals surface area contributed by atoms with Crippen molar-refractivity contribution in [3.05, 3.63) is 60.7 Å². The summed E-state index contributed by atoms with van der Waals surface area (Å²) in [5, 5.41) is 1.12. The quantitative estimate of drug-likeness (QED) is 0.730. The summed E-state index contributed by atoms with van der Waals surface area (Å²) in [7, 11) is 0. The van der Waals surface area contributed by atoms with Gasteiger partial charge >= 0.3 is 0 Å². The summed E-state index contributed by atoms with van der Waals surface area (Å²) in [5.41, 5.74) is 0.475. The highest BCUT2D eigenvalue weighted by atomic mass is 35.5. The van der Waals surface area contributed by atoms with Crippen LogP contribution in [0, 0.1) is 0 Å². The van der Waals surface area contributed by atoms with Gasteiger partial charge in [0.2, 0.25) is 0 Å². The van der Waals surface area contributed by atoms with E-state index in [1.54, 1.807) is 29.5 Å². The molecule has 4 nitrogen and oxygen atoms in total. The monoisotopic (exact) mass is 367 g/mol. The molecule has 2 heterocycles. The third-order valence-corrected chi connectivity index (χ3v) is 5.00. The normalized spacial score (nSPS) is 11.5. The summed E-state index contributed by atoms with van der Waals surface area (Å²) in [6.07, 6.45) is 0. The average molecular weight is 368 g/mol. The van der Waals surface area contributed by atoms with E-state index in [4.69, 9.17) is 23.2 Å². The molecule has 3 aromatic rings. The number of thiophene rings is 1. The third-order valence-electron chi connectivity index (χ3n) is 3.55. The number of aromatic amines is 1. The van der Waals surface area contributed by atoms with Gasteiger partial charge < -0.3 is 4.98 Å². The van der Waals surface area contributed by atoms with Gasteiger partial charge in [-0.2, -0.15) is 0 Å². The van der Waals surface area contributed by atoms with Gasteiger partial charge in [0, 0.05) is 16.4 Å². The number of rotatable bonds is 5. The predicted octanol–water partition coefficient (Wildman–Crippen LogP) is 4.31. The molecular formula is C16H15Cl2N3OS. The van der Waals surface area contributed by atoms with Gasteiger partial charge in [-0.1, -0.05) is 30.1 Å². The van der Waals surface area contributed by atoms with E-state index in [1.165, 1.54) is 4.88 Å². The summed E-state index contributed by atoms with van der Waals surface area (Å²) in [4.78, 5) is 22.9. The first-order valence-electron chi connectivity index (χ1n) is 7.20. The second-order valence-corrected chi connectivity index (χ2v) is 7.42. The summed E-state index contributed by atoms with van der Waals surface area (Å²) in [5.74, 6) is 0.634. The number of hydrogen-bond donors (Lipinski definition) is 1. The fourth-order valence-corrected chi connectivity index (χ4v) is 3.68. The number of benzene rings is 1. The number of halogens is 2. The van der Waals surface area contributed by atoms with Gasteiger partial charge in [0.15, 0.2) is 0 Å². The Bertz CT molecular complexity index is 890. The molecule has 1 aromatic carbocycles. The third kappa shape index (κ3) is 3.93. The van der Waals surface area contributed by atoms with Crippen molar-refractivity contribution in [1.29, 1.82) is 0 Å². The van der Waals surface area contributed by atoms with Crippen LogP contribution in [0.25, 0.3) is 10.9 Å². The van der Waals surface area contributed by atoms with E-state index in [2.05, 4.69) is 21.8 Å². The summed E-state index contributed by atoms with van der Waals surface area (Å²) < 4.78 is 0.780. The molecule has 0 radical (unpaired) electrons. The van der Waals surface area contributed by atoms with Gasteiger partial charge in [-0.3, -0.25) is 9.69 Å². The van der Waals surface area contributed by atoms with Crippen molar-refractivity contribution in [2.45, 2.75) is 20.0 Å². The molecule has 1 N–H and O–H groups in total. The van der Waals surface area contributed by atoms with Crippen molar-refractivity contribution < 1.29 is 0 Å². The molecular weight excluding hydrogens is 353 g/mol. The molecule has 0 fully saturated rings. The Hall–Kier alpha value is -1.40. The van der Waals surface area contributed by atoms with Crippen molar-refractivity contribution in [2.24, 2.45) is 0 Å². The number of nitrogens with one attached hydrogen (secondary N) is 1. The molecule has 0 bridgehead atoms. The van der Waals surface area contributed by atoms with E-state index in [0.717, 1.165) is 17.4 Å². The lowest BCUT2D eigenvalue weighted by atomic mass is 10.2. The Morgan fingerprint density at radius 3 is 2.74 bits per heavy atom. The zero-order chi connectivity index (χ0) is 16.4. The highest BCUT2D eigenvalue weighted by Gasteiger charge is 2.10. The Labute approximate surface area is 147 Å². The number of hydrogen-bond acceptors (Lipinski definition) is 4. The Kier molecular flexibility index (Phi) is 5.02. The molecule has 0 saturated carbocycles. The second-order valence-electron chi connectivity index (χ2n) is 5.18. The molecule has 0 unspecified atom stereocenters. The van der Waals surface area contributed by atoms with Gasteiger partial charge in [0.05, 0.1) is 21.8 Å². The van der Waals surface area contributed by atoms with Crippen LogP contribution in [0.15, 0.2) is 35.1 Å². The van der Waals surface area contributed by atoms with Crippen molar-refractivity contribution in [3.63, 3.8) is 0 Å². The molecule has 120 valence electrons. The molecule has 0 atom stereocenters. The van der Waals surface area contributed by atoms with E-state index in [1.807, 2.05) is 12.1 Å². The summed E-state index contributed by atoms with van der Waals surface area (Å²) in [6, 6.07) is 9.02. The molecule has 0 saturated heterocycles. The van der Waals surface area contributed by atoms with Gasteiger partial charge in [-0.25, -0.2) is 4.98 Å². The van der Waals surface area contributed by atoms with Crippen LogP contribution >= 0.6 is 34.5 Å². The van der Waals surface area contributed by atoms with Crippen molar-refractivity contribution in [2.75, 3.05) is 6.54 Å². The second kappa shape index (κ2) is 7.01. The van der Waals surface area contributed by atoms with Crippen LogP contribution < -0.4 is 5.56 Å². The summed E-state index contributed by atoms with van der Waals surface area (Å²) in [6.45, 7) is 4.24. The minimum atomic E-state index is -0.142. The van der Waals surface area contributed by atoms with E-state index in [-0.39, 0.29) is 5.56 Å². The van der Waals surface area contributed by atoms with Crippen LogP contribution in [-0.2, 0) is 13.1 Å². The lowest BCUT2D eigenvalue weighted by Gasteiger charge is -2.19. The van der Waals surface area contributed by atoms with Gasteiger partial charge in [-0.15, -0.1) is 11.3 Å². The molecule has 0 aliphatic rings. The van der Waals surface area contributed by atoms with Crippen LogP contribution in [0.3, 0.4) is 0 Å². The first-order valence-corrected chi connectivity index (χ1v) is 8.77. The Balaban J connectivity index is 1.85. The maximum absolute atomic E-state index is 12.2. The maximum Gasteiger partial charge on any atom is 0.258 e. The largest absolute Gasteiger partial charge is 0.309 e. The molecule has 0 aliphatic carbocycles. The number of nitrogens with zero attached hydrogens (tertiary/aromatic N) is 2. The molecule has 0 aliphatic heterocycles. The van der Waals surface area contributed by atoms with Crippen LogP contribution in [0.4, 0.5) is 0 Å². The van der Waals surface area contributed by atoms with Crippen LogP contribution in [0.1, 0.15) is 17.6 Å².